The first kappa shape index (κ1) is 15.8. The van der Waals surface area contributed by atoms with Gasteiger partial charge in [0.15, 0.2) is 0 Å². The van der Waals surface area contributed by atoms with Gasteiger partial charge in [0.2, 0.25) is 0 Å². The highest BCUT2D eigenvalue weighted by molar-refractivity contribution is 5.46. The van der Waals surface area contributed by atoms with E-state index in [-0.39, 0.29) is 5.41 Å². The third-order valence-corrected chi connectivity index (χ3v) is 5.46. The average molecular weight is 302 g/mol. The molecule has 0 spiro atoms. The average Bonchev–Trinajstić information content (AvgIpc) is 3.12. The van der Waals surface area contributed by atoms with Gasteiger partial charge in [0.05, 0.1) is 0 Å². The Bertz CT molecular complexity index is 652. The molecule has 0 saturated carbocycles. The predicted molar refractivity (Wildman–Crippen MR) is 99.5 cm³/mol. The maximum absolute atomic E-state index is 2.48. The molecule has 1 aliphatic rings. The molecule has 2 atom stereocenters. The van der Waals surface area contributed by atoms with Crippen molar-refractivity contribution < 1.29 is 0 Å². The summed E-state index contributed by atoms with van der Waals surface area (Å²) < 4.78 is 0. The van der Waals surface area contributed by atoms with Crippen molar-refractivity contribution >= 4 is 0 Å². The quantitative estimate of drug-likeness (QED) is 0.621. The summed E-state index contributed by atoms with van der Waals surface area (Å²) in [4.78, 5) is 0. The minimum absolute atomic E-state index is 0.0335. The molecule has 3 rings (SSSR count). The lowest BCUT2D eigenvalue weighted by atomic mass is 9.67. The van der Waals surface area contributed by atoms with E-state index in [0.29, 0.717) is 11.8 Å². The SMILES string of the molecule is CCC(C)C1=CC(C(C)(c2ccccc2)c2ccccc2)C=C1. The largest absolute Gasteiger partial charge is 0.0761 e. The Hall–Kier alpha value is -2.08. The van der Waals surface area contributed by atoms with E-state index < -0.39 is 0 Å². The van der Waals surface area contributed by atoms with E-state index in [4.69, 9.17) is 0 Å². The van der Waals surface area contributed by atoms with E-state index in [1.54, 1.807) is 0 Å². The van der Waals surface area contributed by atoms with Crippen molar-refractivity contribution in [3.8, 4) is 0 Å². The molecule has 0 N–H and O–H groups in total. The molecule has 0 bridgehead atoms. The summed E-state index contributed by atoms with van der Waals surface area (Å²) in [5, 5.41) is 0. The molecule has 2 unspecified atom stereocenters. The predicted octanol–water partition coefficient (Wildman–Crippen LogP) is 6.15. The van der Waals surface area contributed by atoms with Crippen LogP contribution in [-0.4, -0.2) is 0 Å². The van der Waals surface area contributed by atoms with Gasteiger partial charge in [0, 0.05) is 11.3 Å². The standard InChI is InChI=1S/C23H26/c1-4-18(2)19-15-16-22(17-19)23(3,20-11-7-5-8-12-20)21-13-9-6-10-14-21/h5-18,22H,4H2,1-3H3. The Kier molecular flexibility index (Phi) is 4.52. The van der Waals surface area contributed by atoms with E-state index in [9.17, 15) is 0 Å². The van der Waals surface area contributed by atoms with Crippen molar-refractivity contribution in [3.05, 3.63) is 95.6 Å². The zero-order valence-electron chi connectivity index (χ0n) is 14.4. The Balaban J connectivity index is 2.08. The van der Waals surface area contributed by atoms with E-state index in [1.165, 1.54) is 23.1 Å². The fraction of sp³-hybridized carbons (Fsp3) is 0.304. The van der Waals surface area contributed by atoms with Crippen LogP contribution in [-0.2, 0) is 5.41 Å². The van der Waals surface area contributed by atoms with Gasteiger partial charge < -0.3 is 0 Å². The van der Waals surface area contributed by atoms with Crippen LogP contribution in [0, 0.1) is 11.8 Å². The van der Waals surface area contributed by atoms with Gasteiger partial charge in [-0.3, -0.25) is 0 Å². The third-order valence-electron chi connectivity index (χ3n) is 5.46. The van der Waals surface area contributed by atoms with Crippen LogP contribution < -0.4 is 0 Å². The second kappa shape index (κ2) is 6.58. The molecule has 2 aromatic carbocycles. The van der Waals surface area contributed by atoms with Crippen LogP contribution in [0.2, 0.25) is 0 Å². The van der Waals surface area contributed by atoms with Gasteiger partial charge in [-0.1, -0.05) is 99.7 Å². The lowest BCUT2D eigenvalue weighted by Gasteiger charge is -2.35. The van der Waals surface area contributed by atoms with Gasteiger partial charge in [0.1, 0.15) is 0 Å². The molecule has 0 nitrogen and oxygen atoms in total. The van der Waals surface area contributed by atoms with Gasteiger partial charge >= 0.3 is 0 Å². The molecule has 0 aliphatic heterocycles. The molecule has 2 aromatic rings. The van der Waals surface area contributed by atoms with Crippen molar-refractivity contribution in [3.63, 3.8) is 0 Å². The summed E-state index contributed by atoms with van der Waals surface area (Å²) in [7, 11) is 0. The van der Waals surface area contributed by atoms with Crippen LogP contribution in [0.5, 0.6) is 0 Å². The fourth-order valence-electron chi connectivity index (χ4n) is 3.58. The second-order valence-electron chi connectivity index (χ2n) is 6.80. The summed E-state index contributed by atoms with van der Waals surface area (Å²) in [6.07, 6.45) is 8.40. The Labute approximate surface area is 140 Å². The van der Waals surface area contributed by atoms with E-state index in [1.807, 2.05) is 0 Å². The van der Waals surface area contributed by atoms with Crippen molar-refractivity contribution in [1.82, 2.24) is 0 Å². The first-order chi connectivity index (χ1) is 11.2. The molecule has 0 radical (unpaired) electrons. The van der Waals surface area contributed by atoms with Crippen LogP contribution in [0.25, 0.3) is 0 Å². The monoisotopic (exact) mass is 302 g/mol. The second-order valence-corrected chi connectivity index (χ2v) is 6.80. The molecule has 23 heavy (non-hydrogen) atoms. The first-order valence-electron chi connectivity index (χ1n) is 8.67. The van der Waals surface area contributed by atoms with Crippen molar-refractivity contribution in [2.24, 2.45) is 11.8 Å². The van der Waals surface area contributed by atoms with Crippen molar-refractivity contribution in [2.45, 2.75) is 32.6 Å². The Morgan fingerprint density at radius 3 is 1.91 bits per heavy atom. The number of allylic oxidation sites excluding steroid dienone is 4. The van der Waals surface area contributed by atoms with Crippen LogP contribution in [0.15, 0.2) is 84.5 Å². The lowest BCUT2D eigenvalue weighted by Crippen LogP contribution is -2.30. The highest BCUT2D eigenvalue weighted by Crippen LogP contribution is 2.43. The van der Waals surface area contributed by atoms with Gasteiger partial charge in [0.25, 0.3) is 0 Å². The van der Waals surface area contributed by atoms with Gasteiger partial charge in [-0.25, -0.2) is 0 Å². The van der Waals surface area contributed by atoms with Gasteiger partial charge in [-0.2, -0.15) is 0 Å². The van der Waals surface area contributed by atoms with Gasteiger partial charge in [-0.15, -0.1) is 0 Å². The molecule has 118 valence electrons. The number of hydrogen-bond acceptors (Lipinski definition) is 0. The minimum Gasteiger partial charge on any atom is -0.0761 e. The smallest absolute Gasteiger partial charge is 0.0272 e. The molecule has 0 saturated heterocycles. The Morgan fingerprint density at radius 2 is 1.43 bits per heavy atom. The van der Waals surface area contributed by atoms with E-state index in [2.05, 4.69) is 99.7 Å². The number of benzene rings is 2. The summed E-state index contributed by atoms with van der Waals surface area (Å²) in [5.74, 6) is 1.03. The molecular formula is C23H26. The molecule has 0 amide bonds. The van der Waals surface area contributed by atoms with E-state index in [0.717, 1.165) is 0 Å². The minimum atomic E-state index is -0.0335. The highest BCUT2D eigenvalue weighted by Gasteiger charge is 2.36. The normalized spacial score (nSPS) is 18.7. The number of hydrogen-bond donors (Lipinski definition) is 0. The highest BCUT2D eigenvalue weighted by atomic mass is 14.4. The molecule has 0 fully saturated rings. The van der Waals surface area contributed by atoms with Gasteiger partial charge in [-0.05, 0) is 29.0 Å². The topological polar surface area (TPSA) is 0 Å². The maximum Gasteiger partial charge on any atom is 0.0272 e. The van der Waals surface area contributed by atoms with E-state index >= 15 is 0 Å². The van der Waals surface area contributed by atoms with Crippen molar-refractivity contribution in [2.75, 3.05) is 0 Å². The van der Waals surface area contributed by atoms with Crippen LogP contribution in [0.4, 0.5) is 0 Å². The summed E-state index contributed by atoms with van der Waals surface area (Å²) in [5.41, 5.74) is 4.20. The third kappa shape index (κ3) is 2.91. The Morgan fingerprint density at radius 1 is 0.913 bits per heavy atom. The molecule has 1 aliphatic carbocycles. The summed E-state index contributed by atoms with van der Waals surface area (Å²) >= 11 is 0. The zero-order valence-corrected chi connectivity index (χ0v) is 14.4. The van der Waals surface area contributed by atoms with Crippen LogP contribution in [0.1, 0.15) is 38.3 Å². The molecular weight excluding hydrogens is 276 g/mol. The molecule has 0 aromatic heterocycles. The summed E-state index contributed by atoms with van der Waals surface area (Å²) in [6, 6.07) is 21.8. The molecule has 0 heterocycles. The van der Waals surface area contributed by atoms with Crippen molar-refractivity contribution in [1.29, 1.82) is 0 Å². The maximum atomic E-state index is 2.48. The first-order valence-corrected chi connectivity index (χ1v) is 8.67. The fourth-order valence-corrected chi connectivity index (χ4v) is 3.58. The van der Waals surface area contributed by atoms with Crippen LogP contribution >= 0.6 is 0 Å². The zero-order chi connectivity index (χ0) is 16.3. The number of rotatable bonds is 5. The van der Waals surface area contributed by atoms with Crippen LogP contribution in [0.3, 0.4) is 0 Å². The lowest BCUT2D eigenvalue weighted by molar-refractivity contribution is 0.486. The molecule has 0 heteroatoms. The summed E-state index contributed by atoms with van der Waals surface area (Å²) in [6.45, 7) is 6.96.